The van der Waals surface area contributed by atoms with Gasteiger partial charge in [0, 0.05) is 11.8 Å². The smallest absolute Gasteiger partial charge is 0.119 e. The first-order valence-electron chi connectivity index (χ1n) is 15.0. The molecule has 0 spiro atoms. The fraction of sp³-hybridized carbons (Fsp3) is 0.667. The first-order chi connectivity index (χ1) is 17.3. The normalized spacial score (nSPS) is 14.0. The van der Waals surface area contributed by atoms with Gasteiger partial charge in [0.05, 0.1) is 12.3 Å². The van der Waals surface area contributed by atoms with Crippen LogP contribution in [0.2, 0.25) is 0 Å². The first-order valence-corrected chi connectivity index (χ1v) is 15.0. The number of aryl methyl sites for hydroxylation is 1. The molecule has 1 aliphatic rings. The van der Waals surface area contributed by atoms with E-state index >= 15 is 0 Å². The number of pyridine rings is 1. The number of ether oxygens (including phenoxy) is 1. The lowest BCUT2D eigenvalue weighted by Crippen LogP contribution is -1.97. The third kappa shape index (κ3) is 11.6. The zero-order valence-corrected chi connectivity index (χ0v) is 22.6. The third-order valence-corrected chi connectivity index (χ3v) is 7.79. The summed E-state index contributed by atoms with van der Waals surface area (Å²) in [6.45, 7) is 3.10. The van der Waals surface area contributed by atoms with Gasteiger partial charge in [-0.15, -0.1) is 0 Å². The summed E-state index contributed by atoms with van der Waals surface area (Å²) in [6, 6.07) is 12.9. The summed E-state index contributed by atoms with van der Waals surface area (Å²) in [7, 11) is 0. The van der Waals surface area contributed by atoms with Crippen molar-refractivity contribution in [3.05, 3.63) is 48.2 Å². The molecule has 0 radical (unpaired) electrons. The largest absolute Gasteiger partial charge is 0.494 e. The molecule has 0 unspecified atom stereocenters. The van der Waals surface area contributed by atoms with Gasteiger partial charge in [-0.25, -0.2) is 0 Å². The molecule has 0 saturated heterocycles. The predicted octanol–water partition coefficient (Wildman–Crippen LogP) is 10.3. The lowest BCUT2D eigenvalue weighted by molar-refractivity contribution is 0.304. The van der Waals surface area contributed by atoms with Crippen LogP contribution in [0.25, 0.3) is 11.3 Å². The molecule has 2 nitrogen and oxygen atoms in total. The Labute approximate surface area is 216 Å². The van der Waals surface area contributed by atoms with Gasteiger partial charge in [-0.05, 0) is 61.1 Å². The summed E-state index contributed by atoms with van der Waals surface area (Å²) in [4.78, 5) is 4.72. The van der Waals surface area contributed by atoms with Crippen LogP contribution in [0.5, 0.6) is 5.75 Å². The summed E-state index contributed by atoms with van der Waals surface area (Å²) >= 11 is 0. The summed E-state index contributed by atoms with van der Waals surface area (Å²) in [6.07, 6.45) is 28.2. The second-order valence-corrected chi connectivity index (χ2v) is 10.9. The average molecular weight is 478 g/mol. The van der Waals surface area contributed by atoms with E-state index in [0.717, 1.165) is 42.4 Å². The summed E-state index contributed by atoms with van der Waals surface area (Å²) < 4.78 is 5.98. The van der Waals surface area contributed by atoms with Gasteiger partial charge in [0.15, 0.2) is 0 Å². The highest BCUT2D eigenvalue weighted by Gasteiger charge is 2.13. The first kappa shape index (κ1) is 27.8. The highest BCUT2D eigenvalue weighted by atomic mass is 16.5. The molecule has 1 aliphatic carbocycles. The van der Waals surface area contributed by atoms with E-state index in [4.69, 9.17) is 9.72 Å². The molecule has 3 rings (SSSR count). The van der Waals surface area contributed by atoms with E-state index in [1.807, 2.05) is 0 Å². The van der Waals surface area contributed by atoms with E-state index in [9.17, 15) is 0 Å². The molecule has 0 aliphatic heterocycles. The maximum Gasteiger partial charge on any atom is 0.119 e. The maximum atomic E-state index is 5.98. The topological polar surface area (TPSA) is 22.1 Å². The van der Waals surface area contributed by atoms with Gasteiger partial charge in [0.1, 0.15) is 5.75 Å². The van der Waals surface area contributed by atoms with Gasteiger partial charge in [-0.3, -0.25) is 4.98 Å². The van der Waals surface area contributed by atoms with Gasteiger partial charge >= 0.3 is 0 Å². The molecule has 1 heterocycles. The second-order valence-electron chi connectivity index (χ2n) is 10.9. The molecule has 1 fully saturated rings. The fourth-order valence-electron chi connectivity index (χ4n) is 5.48. The Morgan fingerprint density at radius 2 is 1.37 bits per heavy atom. The van der Waals surface area contributed by atoms with Crippen LogP contribution in [0.4, 0.5) is 0 Å². The Bertz CT molecular complexity index is 761. The van der Waals surface area contributed by atoms with Gasteiger partial charge in [0.25, 0.3) is 0 Å². The van der Waals surface area contributed by atoms with E-state index in [1.165, 1.54) is 115 Å². The molecule has 0 bridgehead atoms. The third-order valence-electron chi connectivity index (χ3n) is 7.79. The van der Waals surface area contributed by atoms with E-state index in [0.29, 0.717) is 0 Å². The van der Waals surface area contributed by atoms with Crippen LogP contribution in [0.1, 0.15) is 128 Å². The van der Waals surface area contributed by atoms with Crippen LogP contribution in [0.3, 0.4) is 0 Å². The highest BCUT2D eigenvalue weighted by molar-refractivity contribution is 5.60. The minimum Gasteiger partial charge on any atom is -0.494 e. The molecular formula is C33H51NO. The minimum absolute atomic E-state index is 0.826. The van der Waals surface area contributed by atoms with Crippen molar-refractivity contribution in [2.24, 2.45) is 5.92 Å². The molecular weight excluding hydrogens is 426 g/mol. The molecule has 35 heavy (non-hydrogen) atoms. The number of rotatable bonds is 19. The van der Waals surface area contributed by atoms with Crippen LogP contribution in [0, 0.1) is 5.92 Å². The number of hydrogen-bond donors (Lipinski definition) is 0. The Morgan fingerprint density at radius 3 is 2.06 bits per heavy atom. The zero-order valence-electron chi connectivity index (χ0n) is 22.6. The quantitative estimate of drug-likeness (QED) is 0.188. The minimum atomic E-state index is 0.826. The summed E-state index contributed by atoms with van der Waals surface area (Å²) in [5.41, 5.74) is 3.57. The summed E-state index contributed by atoms with van der Waals surface area (Å²) in [5, 5.41) is 0. The molecule has 2 heteroatoms. The Morgan fingerprint density at radius 1 is 0.714 bits per heavy atom. The molecule has 0 atom stereocenters. The van der Waals surface area contributed by atoms with Crippen molar-refractivity contribution in [2.75, 3.05) is 6.61 Å². The van der Waals surface area contributed by atoms with E-state index in [-0.39, 0.29) is 0 Å². The van der Waals surface area contributed by atoms with Crippen LogP contribution in [-0.4, -0.2) is 11.6 Å². The van der Waals surface area contributed by atoms with Gasteiger partial charge in [-0.1, -0.05) is 116 Å². The van der Waals surface area contributed by atoms with Crippen LogP contribution < -0.4 is 4.74 Å². The molecule has 1 aromatic heterocycles. The Balaban J connectivity index is 1.23. The average Bonchev–Trinajstić information content (AvgIpc) is 3.42. The molecule has 2 aromatic rings. The summed E-state index contributed by atoms with van der Waals surface area (Å²) in [5.74, 6) is 2.03. The molecule has 1 saturated carbocycles. The Hall–Kier alpha value is -1.83. The van der Waals surface area contributed by atoms with Crippen molar-refractivity contribution in [1.29, 1.82) is 0 Å². The van der Waals surface area contributed by atoms with Crippen LogP contribution in [-0.2, 0) is 6.42 Å². The molecule has 194 valence electrons. The van der Waals surface area contributed by atoms with E-state index < -0.39 is 0 Å². The number of nitrogens with zero attached hydrogens (tertiary/aromatic N) is 1. The number of hydrogen-bond acceptors (Lipinski definition) is 2. The Kier molecular flexibility index (Phi) is 13.9. The fourth-order valence-corrected chi connectivity index (χ4v) is 5.48. The van der Waals surface area contributed by atoms with Gasteiger partial charge in [-0.2, -0.15) is 0 Å². The number of unbranched alkanes of at least 4 members (excludes halogenated alkanes) is 11. The van der Waals surface area contributed by atoms with E-state index in [2.05, 4.69) is 49.5 Å². The second kappa shape index (κ2) is 17.6. The molecule has 1 aromatic carbocycles. The van der Waals surface area contributed by atoms with Crippen LogP contribution >= 0.6 is 0 Å². The number of benzene rings is 1. The lowest BCUT2D eigenvalue weighted by Gasteiger charge is -2.09. The lowest BCUT2D eigenvalue weighted by atomic mass is 9.99. The zero-order chi connectivity index (χ0) is 24.4. The van der Waals surface area contributed by atoms with Crippen LogP contribution in [0.15, 0.2) is 42.6 Å². The monoisotopic (exact) mass is 477 g/mol. The standard InChI is InChI=1S/C33H51NO/c1-2-3-4-5-6-10-13-20-30-21-26-33(34-28-30)31-22-24-32(25-23-31)35-27-16-11-8-7-9-12-17-29-18-14-15-19-29/h21-26,28-29H,2-20,27H2,1H3. The van der Waals surface area contributed by atoms with Crippen molar-refractivity contribution in [2.45, 2.75) is 129 Å². The molecule has 0 amide bonds. The SMILES string of the molecule is CCCCCCCCCc1ccc(-c2ccc(OCCCCCCCCC3CCCC3)cc2)nc1. The van der Waals surface area contributed by atoms with E-state index in [1.54, 1.807) is 0 Å². The predicted molar refractivity (Wildman–Crippen MR) is 151 cm³/mol. The van der Waals surface area contributed by atoms with Crippen molar-refractivity contribution >= 4 is 0 Å². The highest BCUT2D eigenvalue weighted by Crippen LogP contribution is 2.29. The maximum absolute atomic E-state index is 5.98. The van der Waals surface area contributed by atoms with Crippen molar-refractivity contribution in [1.82, 2.24) is 4.98 Å². The van der Waals surface area contributed by atoms with Crippen molar-refractivity contribution < 1.29 is 4.74 Å². The van der Waals surface area contributed by atoms with Crippen molar-refractivity contribution in [3.8, 4) is 17.0 Å². The molecule has 0 N–H and O–H groups in total. The number of aromatic nitrogens is 1. The van der Waals surface area contributed by atoms with Crippen molar-refractivity contribution in [3.63, 3.8) is 0 Å². The van der Waals surface area contributed by atoms with Gasteiger partial charge < -0.3 is 4.74 Å². The van der Waals surface area contributed by atoms with Gasteiger partial charge in [0.2, 0.25) is 0 Å².